The Morgan fingerprint density at radius 2 is 2.20 bits per heavy atom. The molecule has 1 aliphatic heterocycles. The van der Waals surface area contributed by atoms with Gasteiger partial charge in [0, 0.05) is 31.1 Å². The van der Waals surface area contributed by atoms with Gasteiger partial charge in [-0.05, 0) is 25.8 Å². The van der Waals surface area contributed by atoms with E-state index >= 15 is 0 Å². The highest BCUT2D eigenvalue weighted by Gasteiger charge is 2.39. The second kappa shape index (κ2) is 6.96. The number of hydrogen-bond acceptors (Lipinski definition) is 5. The third-order valence-electron chi connectivity index (χ3n) is 4.20. The van der Waals surface area contributed by atoms with E-state index in [1.54, 1.807) is 6.92 Å². The molecule has 0 spiro atoms. The number of amides is 3. The van der Waals surface area contributed by atoms with E-state index < -0.39 is 11.0 Å². The number of benzene rings is 1. The summed E-state index contributed by atoms with van der Waals surface area (Å²) in [5.41, 5.74) is 0.0756. The van der Waals surface area contributed by atoms with Crippen molar-refractivity contribution in [1.29, 1.82) is 0 Å². The number of ether oxygens (including phenoxy) is 1. The van der Waals surface area contributed by atoms with Crippen LogP contribution in [0, 0.1) is 10.1 Å². The predicted molar refractivity (Wildman–Crippen MR) is 89.6 cm³/mol. The molecule has 1 saturated heterocycles. The highest BCUT2D eigenvalue weighted by Crippen LogP contribution is 2.31. The highest BCUT2D eigenvalue weighted by atomic mass is 16.6. The summed E-state index contributed by atoms with van der Waals surface area (Å²) >= 11 is 0. The van der Waals surface area contributed by atoms with Crippen molar-refractivity contribution in [1.82, 2.24) is 10.2 Å². The number of rotatable bonds is 6. The quantitative estimate of drug-likeness (QED) is 0.602. The van der Waals surface area contributed by atoms with Gasteiger partial charge < -0.3 is 20.3 Å². The number of carbonyl (C=O) groups excluding carboxylic acids is 2. The second-order valence-electron chi connectivity index (χ2n) is 6.15. The van der Waals surface area contributed by atoms with Crippen molar-refractivity contribution < 1.29 is 19.2 Å². The Hall–Kier alpha value is -2.84. The molecule has 2 fully saturated rings. The molecule has 3 amide bonds. The number of anilines is 1. The molecule has 2 N–H and O–H groups in total. The zero-order valence-corrected chi connectivity index (χ0v) is 13.9. The Morgan fingerprint density at radius 1 is 1.44 bits per heavy atom. The lowest BCUT2D eigenvalue weighted by molar-refractivity contribution is -0.384. The van der Waals surface area contributed by atoms with Gasteiger partial charge in [-0.25, -0.2) is 4.79 Å². The van der Waals surface area contributed by atoms with Crippen molar-refractivity contribution >= 4 is 23.3 Å². The largest absolute Gasteiger partial charge is 0.492 e. The van der Waals surface area contributed by atoms with Crippen LogP contribution in [0.25, 0.3) is 0 Å². The first-order valence-corrected chi connectivity index (χ1v) is 8.26. The number of nitrogens with zero attached hydrogens (tertiary/aromatic N) is 2. The maximum atomic E-state index is 12.2. The van der Waals surface area contributed by atoms with Crippen molar-refractivity contribution in [3.8, 4) is 5.75 Å². The zero-order valence-electron chi connectivity index (χ0n) is 13.9. The number of nitrogens with one attached hydrogen (secondary N) is 2. The summed E-state index contributed by atoms with van der Waals surface area (Å²) in [6, 6.07) is 3.56. The molecular weight excluding hydrogens is 328 g/mol. The van der Waals surface area contributed by atoms with Gasteiger partial charge in [0.15, 0.2) is 0 Å². The minimum absolute atomic E-state index is 0.0538. The summed E-state index contributed by atoms with van der Waals surface area (Å²) in [5.74, 6) is 0.406. The number of nitro benzene ring substituents is 1. The lowest BCUT2D eigenvalue weighted by atomic mass is 10.2. The van der Waals surface area contributed by atoms with Gasteiger partial charge in [0.05, 0.1) is 23.3 Å². The van der Waals surface area contributed by atoms with E-state index in [4.69, 9.17) is 4.74 Å². The van der Waals surface area contributed by atoms with Gasteiger partial charge in [0.2, 0.25) is 5.91 Å². The smallest absolute Gasteiger partial charge is 0.319 e. The first-order chi connectivity index (χ1) is 12.0. The average Bonchev–Trinajstić information content (AvgIpc) is 3.33. The molecule has 1 aromatic carbocycles. The molecule has 3 rings (SSSR count). The monoisotopic (exact) mass is 348 g/mol. The maximum absolute atomic E-state index is 12.2. The number of likely N-dealkylation sites (tertiary alicyclic amines) is 1. The first-order valence-electron chi connectivity index (χ1n) is 8.26. The third-order valence-corrected chi connectivity index (χ3v) is 4.20. The molecule has 0 aromatic heterocycles. The molecule has 1 aromatic rings. The molecule has 1 aliphatic carbocycles. The molecule has 1 heterocycles. The van der Waals surface area contributed by atoms with E-state index in [0.29, 0.717) is 24.9 Å². The molecule has 9 heteroatoms. The topological polar surface area (TPSA) is 114 Å². The van der Waals surface area contributed by atoms with Crippen molar-refractivity contribution in [3.05, 3.63) is 28.3 Å². The van der Waals surface area contributed by atoms with Crippen LogP contribution in [0.4, 0.5) is 16.2 Å². The van der Waals surface area contributed by atoms with Crippen LogP contribution >= 0.6 is 0 Å². The van der Waals surface area contributed by atoms with Gasteiger partial charge in [0.1, 0.15) is 5.75 Å². The fourth-order valence-electron chi connectivity index (χ4n) is 2.92. The van der Waals surface area contributed by atoms with Crippen LogP contribution in [0.15, 0.2) is 18.2 Å². The Morgan fingerprint density at radius 3 is 2.84 bits per heavy atom. The molecule has 134 valence electrons. The second-order valence-corrected chi connectivity index (χ2v) is 6.15. The fourth-order valence-corrected chi connectivity index (χ4v) is 2.92. The van der Waals surface area contributed by atoms with E-state index in [9.17, 15) is 19.7 Å². The average molecular weight is 348 g/mol. The van der Waals surface area contributed by atoms with E-state index in [-0.39, 0.29) is 29.7 Å². The molecule has 0 bridgehead atoms. The summed E-state index contributed by atoms with van der Waals surface area (Å²) in [7, 11) is 0. The minimum atomic E-state index is -0.540. The molecule has 25 heavy (non-hydrogen) atoms. The summed E-state index contributed by atoms with van der Waals surface area (Å²) < 4.78 is 5.39. The summed E-state index contributed by atoms with van der Waals surface area (Å²) in [5, 5.41) is 16.3. The molecule has 1 saturated carbocycles. The Bertz CT molecular complexity index is 704. The third kappa shape index (κ3) is 3.98. The van der Waals surface area contributed by atoms with Gasteiger partial charge in [0.25, 0.3) is 5.69 Å². The van der Waals surface area contributed by atoms with Gasteiger partial charge >= 0.3 is 6.03 Å². The zero-order chi connectivity index (χ0) is 18.0. The molecular formula is C16H20N4O5. The first kappa shape index (κ1) is 17.0. The van der Waals surface area contributed by atoms with Gasteiger partial charge in [-0.1, -0.05) is 0 Å². The highest BCUT2D eigenvalue weighted by molar-refractivity contribution is 5.92. The van der Waals surface area contributed by atoms with Crippen LogP contribution in [0.5, 0.6) is 5.75 Å². The SMILES string of the molecule is CCOc1ccc([N+](=O)[O-])cc1NC(=O)N[C@H]1CC(=O)N(C2CC2)C1. The van der Waals surface area contributed by atoms with Gasteiger partial charge in [-0.2, -0.15) is 0 Å². The standard InChI is InChI=1S/C16H20N4O5/c1-2-25-14-6-5-12(20(23)24)8-13(14)18-16(22)17-10-7-15(21)19(9-10)11-3-4-11/h5-6,8,10-11H,2-4,7,9H2,1H3,(H2,17,18,22)/t10-/m0/s1. The van der Waals surface area contributed by atoms with Crippen LogP contribution in [0.2, 0.25) is 0 Å². The summed E-state index contributed by atoms with van der Waals surface area (Å²) in [6.45, 7) is 2.65. The van der Waals surface area contributed by atoms with Gasteiger partial charge in [-0.15, -0.1) is 0 Å². The van der Waals surface area contributed by atoms with Crippen LogP contribution in [-0.4, -0.2) is 47.0 Å². The maximum Gasteiger partial charge on any atom is 0.319 e. The number of urea groups is 1. The molecule has 9 nitrogen and oxygen atoms in total. The fraction of sp³-hybridized carbons (Fsp3) is 0.500. The minimum Gasteiger partial charge on any atom is -0.492 e. The number of non-ortho nitro benzene ring substituents is 1. The lowest BCUT2D eigenvalue weighted by Gasteiger charge is -2.17. The Kier molecular flexibility index (Phi) is 4.73. The number of hydrogen-bond donors (Lipinski definition) is 2. The van der Waals surface area contributed by atoms with E-state index in [2.05, 4.69) is 10.6 Å². The van der Waals surface area contributed by atoms with E-state index in [0.717, 1.165) is 12.8 Å². The van der Waals surface area contributed by atoms with Gasteiger partial charge in [-0.3, -0.25) is 14.9 Å². The Balaban J connectivity index is 1.64. The molecule has 0 unspecified atom stereocenters. The number of nitro groups is 1. The lowest BCUT2D eigenvalue weighted by Crippen LogP contribution is -2.40. The summed E-state index contributed by atoms with van der Waals surface area (Å²) in [6.07, 6.45) is 2.32. The normalized spacial score (nSPS) is 19.6. The van der Waals surface area contributed by atoms with Crippen molar-refractivity contribution in [2.75, 3.05) is 18.5 Å². The Labute approximate surface area is 144 Å². The van der Waals surface area contributed by atoms with Crippen LogP contribution < -0.4 is 15.4 Å². The van der Waals surface area contributed by atoms with E-state index in [1.165, 1.54) is 18.2 Å². The van der Waals surface area contributed by atoms with Crippen LogP contribution in [0.3, 0.4) is 0 Å². The van der Waals surface area contributed by atoms with Crippen LogP contribution in [0.1, 0.15) is 26.2 Å². The summed E-state index contributed by atoms with van der Waals surface area (Å²) in [4.78, 5) is 36.3. The molecule has 2 aliphatic rings. The molecule has 0 radical (unpaired) electrons. The van der Waals surface area contributed by atoms with Crippen LogP contribution in [-0.2, 0) is 4.79 Å². The number of carbonyl (C=O) groups is 2. The van der Waals surface area contributed by atoms with Crippen molar-refractivity contribution in [3.63, 3.8) is 0 Å². The van der Waals surface area contributed by atoms with Crippen molar-refractivity contribution in [2.45, 2.75) is 38.3 Å². The predicted octanol–water partition coefficient (Wildman–Crippen LogP) is 1.88. The van der Waals surface area contributed by atoms with Crippen molar-refractivity contribution in [2.24, 2.45) is 0 Å². The molecule has 1 atom stereocenters. The van der Waals surface area contributed by atoms with E-state index in [1.807, 2.05) is 4.90 Å².